The quantitative estimate of drug-likeness (QED) is 0.635. The molecule has 0 unspecified atom stereocenters. The van der Waals surface area contributed by atoms with E-state index in [9.17, 15) is 19.5 Å². The maximum absolute atomic E-state index is 13.4. The van der Waals surface area contributed by atoms with Crippen LogP contribution >= 0.6 is 0 Å². The summed E-state index contributed by atoms with van der Waals surface area (Å²) in [5.74, 6) is -2.00. The van der Waals surface area contributed by atoms with Gasteiger partial charge in [-0.2, -0.15) is 0 Å². The molecule has 3 heterocycles. The maximum atomic E-state index is 13.4. The molecular formula is C22H17N5O4. The Morgan fingerprint density at radius 2 is 1.71 bits per heavy atom. The number of para-hydroxylation sites is 2. The van der Waals surface area contributed by atoms with E-state index in [1.165, 1.54) is 11.9 Å². The van der Waals surface area contributed by atoms with Crippen molar-refractivity contribution in [3.63, 3.8) is 0 Å². The topological polar surface area (TPSA) is 109 Å². The number of nitrogens with zero attached hydrogens (tertiary/aromatic N) is 5. The number of carbonyl (C=O) groups is 3. The van der Waals surface area contributed by atoms with Gasteiger partial charge in [0.05, 0.1) is 29.7 Å². The Bertz CT molecular complexity index is 1270. The van der Waals surface area contributed by atoms with Gasteiger partial charge >= 0.3 is 0 Å². The van der Waals surface area contributed by atoms with E-state index in [-0.39, 0.29) is 17.7 Å². The van der Waals surface area contributed by atoms with Crippen LogP contribution in [-0.4, -0.2) is 49.8 Å². The van der Waals surface area contributed by atoms with Crippen LogP contribution in [0.1, 0.15) is 11.3 Å². The van der Waals surface area contributed by atoms with Gasteiger partial charge in [-0.15, -0.1) is 5.10 Å². The average molecular weight is 415 g/mol. The van der Waals surface area contributed by atoms with E-state index in [4.69, 9.17) is 0 Å². The highest BCUT2D eigenvalue weighted by atomic mass is 16.3. The Balaban J connectivity index is 1.53. The molecule has 5 rings (SSSR count). The average Bonchev–Trinajstić information content (AvgIpc) is 3.43. The molecule has 9 heteroatoms. The van der Waals surface area contributed by atoms with Crippen molar-refractivity contribution in [2.75, 3.05) is 11.9 Å². The number of likely N-dealkylation sites (N-methyl/N-ethyl adjacent to an activating group) is 1. The number of fused-ring (bicyclic) bond motifs is 1. The summed E-state index contributed by atoms with van der Waals surface area (Å²) in [7, 11) is 1.31. The van der Waals surface area contributed by atoms with Crippen LogP contribution in [0.5, 0.6) is 0 Å². The van der Waals surface area contributed by atoms with Crippen LogP contribution in [-0.2, 0) is 26.5 Å². The SMILES string of the molecule is CN1C(=O)C=C([C@]2(O)C(=O)N(Cc3cn(-c4ccccc4)nn3)c3ccccc32)C1=O. The summed E-state index contributed by atoms with van der Waals surface area (Å²) in [4.78, 5) is 40.2. The van der Waals surface area contributed by atoms with E-state index in [1.54, 1.807) is 35.1 Å². The third-order valence-corrected chi connectivity index (χ3v) is 5.54. The van der Waals surface area contributed by atoms with E-state index in [1.807, 2.05) is 30.3 Å². The first-order chi connectivity index (χ1) is 14.9. The van der Waals surface area contributed by atoms with Crippen molar-refractivity contribution >= 4 is 23.4 Å². The Hall–Kier alpha value is -4.11. The van der Waals surface area contributed by atoms with Gasteiger partial charge < -0.3 is 10.0 Å². The first-order valence-corrected chi connectivity index (χ1v) is 9.56. The Labute approximate surface area is 176 Å². The highest BCUT2D eigenvalue weighted by Crippen LogP contribution is 2.46. The zero-order valence-electron chi connectivity index (χ0n) is 16.5. The van der Waals surface area contributed by atoms with Crippen molar-refractivity contribution in [3.8, 4) is 5.69 Å². The number of aliphatic hydroxyl groups is 1. The largest absolute Gasteiger partial charge is 0.371 e. The number of rotatable bonds is 4. The number of imide groups is 1. The minimum Gasteiger partial charge on any atom is -0.371 e. The third kappa shape index (κ3) is 2.71. The first-order valence-electron chi connectivity index (χ1n) is 9.56. The third-order valence-electron chi connectivity index (χ3n) is 5.54. The molecule has 2 aliphatic heterocycles. The lowest BCUT2D eigenvalue weighted by Crippen LogP contribution is -2.44. The van der Waals surface area contributed by atoms with Crippen molar-refractivity contribution in [2.45, 2.75) is 12.1 Å². The molecule has 0 saturated heterocycles. The Morgan fingerprint density at radius 1 is 1.00 bits per heavy atom. The molecular weight excluding hydrogens is 398 g/mol. The number of amides is 3. The van der Waals surface area contributed by atoms with Crippen molar-refractivity contribution < 1.29 is 19.5 Å². The fourth-order valence-corrected chi connectivity index (χ4v) is 3.91. The van der Waals surface area contributed by atoms with Crippen LogP contribution < -0.4 is 4.90 Å². The Kier molecular flexibility index (Phi) is 4.09. The second-order valence-electron chi connectivity index (χ2n) is 7.37. The second kappa shape index (κ2) is 6.71. The van der Waals surface area contributed by atoms with E-state index in [0.29, 0.717) is 11.4 Å². The standard InChI is InChI=1S/C22H17N5O4/c1-25-19(28)11-17(20(25)29)22(31)16-9-5-6-10-18(16)26(21(22)30)12-14-13-27(24-23-14)15-7-3-2-4-8-15/h2-11,13,31H,12H2,1H3/t22-/m0/s1. The minimum atomic E-state index is -2.25. The van der Waals surface area contributed by atoms with Crippen LogP contribution in [0.3, 0.4) is 0 Å². The first kappa shape index (κ1) is 18.9. The monoisotopic (exact) mass is 415 g/mol. The van der Waals surface area contributed by atoms with Gasteiger partial charge in [0.1, 0.15) is 5.69 Å². The Morgan fingerprint density at radius 3 is 2.42 bits per heavy atom. The van der Waals surface area contributed by atoms with Crippen LogP contribution in [0.25, 0.3) is 5.69 Å². The summed E-state index contributed by atoms with van der Waals surface area (Å²) in [5, 5.41) is 19.7. The highest BCUT2D eigenvalue weighted by Gasteiger charge is 2.56. The van der Waals surface area contributed by atoms with Gasteiger partial charge in [0, 0.05) is 18.7 Å². The second-order valence-corrected chi connectivity index (χ2v) is 7.37. The van der Waals surface area contributed by atoms with Gasteiger partial charge in [-0.05, 0) is 18.2 Å². The minimum absolute atomic E-state index is 0.0379. The lowest BCUT2D eigenvalue weighted by molar-refractivity contribution is -0.140. The fraction of sp³-hybridized carbons (Fsp3) is 0.136. The summed E-state index contributed by atoms with van der Waals surface area (Å²) < 4.78 is 1.59. The van der Waals surface area contributed by atoms with Gasteiger partial charge in [-0.1, -0.05) is 41.6 Å². The number of benzene rings is 2. The molecule has 3 aromatic rings. The molecule has 154 valence electrons. The summed E-state index contributed by atoms with van der Waals surface area (Å²) in [6, 6.07) is 16.0. The number of aromatic nitrogens is 3. The van der Waals surface area contributed by atoms with E-state index < -0.39 is 23.3 Å². The molecule has 0 saturated carbocycles. The lowest BCUT2D eigenvalue weighted by Gasteiger charge is -2.23. The van der Waals surface area contributed by atoms with E-state index in [2.05, 4.69) is 10.3 Å². The molecule has 0 spiro atoms. The number of hydrogen-bond donors (Lipinski definition) is 1. The number of carbonyl (C=O) groups excluding carboxylic acids is 3. The van der Waals surface area contributed by atoms with Gasteiger partial charge in [-0.25, -0.2) is 4.68 Å². The van der Waals surface area contributed by atoms with E-state index in [0.717, 1.165) is 16.7 Å². The van der Waals surface area contributed by atoms with Crippen LogP contribution in [0, 0.1) is 0 Å². The molecule has 1 atom stereocenters. The normalized spacial score (nSPS) is 20.5. The zero-order chi connectivity index (χ0) is 21.8. The predicted molar refractivity (Wildman–Crippen MR) is 109 cm³/mol. The molecule has 2 aromatic carbocycles. The molecule has 0 radical (unpaired) electrons. The van der Waals surface area contributed by atoms with Crippen molar-refractivity contribution in [1.29, 1.82) is 0 Å². The van der Waals surface area contributed by atoms with Gasteiger partial charge in [-0.3, -0.25) is 19.3 Å². The van der Waals surface area contributed by atoms with Gasteiger partial charge in [0.25, 0.3) is 17.7 Å². The van der Waals surface area contributed by atoms with Gasteiger partial charge in [0.2, 0.25) is 5.60 Å². The molecule has 3 amide bonds. The van der Waals surface area contributed by atoms with Crippen molar-refractivity contribution in [3.05, 3.63) is 83.7 Å². The molecule has 9 nitrogen and oxygen atoms in total. The lowest BCUT2D eigenvalue weighted by atomic mass is 9.87. The van der Waals surface area contributed by atoms with Gasteiger partial charge in [0.15, 0.2) is 0 Å². The fourth-order valence-electron chi connectivity index (χ4n) is 3.91. The smallest absolute Gasteiger partial charge is 0.269 e. The molecule has 0 fully saturated rings. The molecule has 31 heavy (non-hydrogen) atoms. The van der Waals surface area contributed by atoms with Crippen LogP contribution in [0.15, 0.2) is 72.4 Å². The van der Waals surface area contributed by atoms with Crippen LogP contribution in [0.4, 0.5) is 5.69 Å². The molecule has 1 aromatic heterocycles. The number of hydrogen-bond acceptors (Lipinski definition) is 6. The molecule has 2 aliphatic rings. The van der Waals surface area contributed by atoms with E-state index >= 15 is 0 Å². The van der Waals surface area contributed by atoms with Crippen molar-refractivity contribution in [2.24, 2.45) is 0 Å². The molecule has 0 aliphatic carbocycles. The summed E-state index contributed by atoms with van der Waals surface area (Å²) in [6.45, 7) is 0.0379. The molecule has 1 N–H and O–H groups in total. The highest BCUT2D eigenvalue weighted by molar-refractivity contribution is 6.23. The molecule has 0 bridgehead atoms. The zero-order valence-corrected chi connectivity index (χ0v) is 16.5. The maximum Gasteiger partial charge on any atom is 0.269 e. The summed E-state index contributed by atoms with van der Waals surface area (Å²) >= 11 is 0. The summed E-state index contributed by atoms with van der Waals surface area (Å²) in [6.07, 6.45) is 2.71. The number of anilines is 1. The van der Waals surface area contributed by atoms with Crippen LogP contribution in [0.2, 0.25) is 0 Å². The summed E-state index contributed by atoms with van der Waals surface area (Å²) in [5.41, 5.74) is -0.500. The van der Waals surface area contributed by atoms with Crippen molar-refractivity contribution in [1.82, 2.24) is 19.9 Å². The predicted octanol–water partition coefficient (Wildman–Crippen LogP) is 0.927.